The summed E-state index contributed by atoms with van der Waals surface area (Å²) in [5.41, 5.74) is -0.550. The molecule has 5 heteroatoms. The number of rotatable bonds is 8. The van der Waals surface area contributed by atoms with Crippen molar-refractivity contribution in [3.05, 3.63) is 29.8 Å². The fourth-order valence-electron chi connectivity index (χ4n) is 2.08. The van der Waals surface area contributed by atoms with Crippen molar-refractivity contribution in [2.24, 2.45) is 0 Å². The average Bonchev–Trinajstić information content (AvgIpc) is 2.41. The minimum absolute atomic E-state index is 0.171. The topological polar surface area (TPSA) is 45.0 Å². The van der Waals surface area contributed by atoms with Gasteiger partial charge in [0.1, 0.15) is 22.9 Å². The van der Waals surface area contributed by atoms with Crippen LogP contribution in [0.2, 0.25) is 0 Å². The highest BCUT2D eigenvalue weighted by atomic mass is 19.1. The highest BCUT2D eigenvalue weighted by Gasteiger charge is 2.25. The third kappa shape index (κ3) is 4.78. The lowest BCUT2D eigenvalue weighted by atomic mass is 9.92. The van der Waals surface area contributed by atoms with E-state index in [1.165, 1.54) is 0 Å². The fraction of sp³-hybridized carbons (Fsp3) is 0.533. The molecule has 1 aromatic rings. The number of hydrogen-bond donors (Lipinski definition) is 1. The first-order valence-electron chi connectivity index (χ1n) is 6.80. The van der Waals surface area contributed by atoms with Crippen LogP contribution >= 0.6 is 0 Å². The first-order chi connectivity index (χ1) is 9.55. The van der Waals surface area contributed by atoms with Gasteiger partial charge in [-0.25, -0.2) is 8.78 Å². The Hall–Kier alpha value is -1.67. The number of benzene rings is 1. The number of nitrogens with zero attached hydrogens (tertiary/aromatic N) is 1. The molecule has 0 aliphatic rings. The lowest BCUT2D eigenvalue weighted by molar-refractivity contribution is 0.275. The molecule has 3 nitrogen and oxygen atoms in total. The Kier molecular flexibility index (Phi) is 6.40. The van der Waals surface area contributed by atoms with E-state index in [9.17, 15) is 14.0 Å². The zero-order valence-corrected chi connectivity index (χ0v) is 11.9. The second-order valence-corrected chi connectivity index (χ2v) is 4.63. The second-order valence-electron chi connectivity index (χ2n) is 4.63. The lowest BCUT2D eigenvalue weighted by Gasteiger charge is -2.25. The van der Waals surface area contributed by atoms with E-state index in [2.05, 4.69) is 11.4 Å². The quantitative estimate of drug-likeness (QED) is 0.743. The van der Waals surface area contributed by atoms with Gasteiger partial charge in [0.15, 0.2) is 0 Å². The highest BCUT2D eigenvalue weighted by Crippen LogP contribution is 2.19. The molecule has 0 saturated carbocycles. The number of nitriles is 1. The third-order valence-corrected chi connectivity index (χ3v) is 3.19. The van der Waals surface area contributed by atoms with Crippen molar-refractivity contribution >= 4 is 0 Å². The van der Waals surface area contributed by atoms with Gasteiger partial charge in [-0.05, 0) is 25.8 Å². The molecule has 0 fully saturated rings. The summed E-state index contributed by atoms with van der Waals surface area (Å²) in [4.78, 5) is 0. The second kappa shape index (κ2) is 7.81. The zero-order chi connectivity index (χ0) is 15.0. The molecule has 1 rings (SSSR count). The minimum Gasteiger partial charge on any atom is -0.493 e. The van der Waals surface area contributed by atoms with Gasteiger partial charge in [0.05, 0.1) is 12.7 Å². The van der Waals surface area contributed by atoms with Gasteiger partial charge in [-0.2, -0.15) is 5.26 Å². The Morgan fingerprint density at radius 3 is 2.40 bits per heavy atom. The molecule has 0 amide bonds. The van der Waals surface area contributed by atoms with Gasteiger partial charge in [-0.15, -0.1) is 0 Å². The number of nitrogens with one attached hydrogen (secondary N) is 1. The summed E-state index contributed by atoms with van der Waals surface area (Å²) in [5.74, 6) is -1.15. The summed E-state index contributed by atoms with van der Waals surface area (Å²) in [7, 11) is 0. The van der Waals surface area contributed by atoms with E-state index in [0.717, 1.165) is 24.7 Å². The van der Waals surface area contributed by atoms with Crippen molar-refractivity contribution in [2.75, 3.05) is 13.2 Å². The first kappa shape index (κ1) is 16.4. The van der Waals surface area contributed by atoms with Crippen LogP contribution in [0.25, 0.3) is 0 Å². The van der Waals surface area contributed by atoms with Crippen LogP contribution in [0.15, 0.2) is 18.2 Å². The standard InChI is InChI=1S/C15H20F2N2O/c1-3-15(11-18,19-4-2)6-5-7-20-14-9-12(16)8-13(17)10-14/h8-10,19H,3-7H2,1-2H3. The highest BCUT2D eigenvalue weighted by molar-refractivity contribution is 5.23. The molecule has 1 N–H and O–H groups in total. The molecule has 1 atom stereocenters. The maximum atomic E-state index is 13.0. The first-order valence-corrected chi connectivity index (χ1v) is 6.80. The smallest absolute Gasteiger partial charge is 0.129 e. The largest absolute Gasteiger partial charge is 0.493 e. The van der Waals surface area contributed by atoms with Gasteiger partial charge in [0, 0.05) is 18.2 Å². The molecule has 0 aromatic heterocycles. The van der Waals surface area contributed by atoms with Crippen LogP contribution in [-0.4, -0.2) is 18.7 Å². The molecule has 0 spiro atoms. The number of hydrogen-bond acceptors (Lipinski definition) is 3. The maximum absolute atomic E-state index is 13.0. The predicted molar refractivity (Wildman–Crippen MR) is 73.4 cm³/mol. The molecular weight excluding hydrogens is 262 g/mol. The summed E-state index contributed by atoms with van der Waals surface area (Å²) in [6.45, 7) is 4.94. The predicted octanol–water partition coefficient (Wildman–Crippen LogP) is 3.41. The molecule has 110 valence electrons. The van der Waals surface area contributed by atoms with Crippen molar-refractivity contribution in [2.45, 2.75) is 38.6 Å². The van der Waals surface area contributed by atoms with Crippen molar-refractivity contribution in [1.29, 1.82) is 5.26 Å². The summed E-state index contributed by atoms with van der Waals surface area (Å²) in [5, 5.41) is 12.4. The monoisotopic (exact) mass is 282 g/mol. The Labute approximate surface area is 118 Å². The molecule has 20 heavy (non-hydrogen) atoms. The van der Waals surface area contributed by atoms with Crippen LogP contribution in [0.4, 0.5) is 8.78 Å². The molecule has 1 aromatic carbocycles. The van der Waals surface area contributed by atoms with E-state index < -0.39 is 17.2 Å². The van der Waals surface area contributed by atoms with Crippen molar-refractivity contribution in [3.63, 3.8) is 0 Å². The van der Waals surface area contributed by atoms with E-state index in [0.29, 0.717) is 25.9 Å². The number of ether oxygens (including phenoxy) is 1. The van der Waals surface area contributed by atoms with Gasteiger partial charge in [-0.1, -0.05) is 13.8 Å². The van der Waals surface area contributed by atoms with Gasteiger partial charge >= 0.3 is 0 Å². The molecule has 0 saturated heterocycles. The van der Waals surface area contributed by atoms with Crippen LogP contribution in [-0.2, 0) is 0 Å². The molecule has 0 aliphatic heterocycles. The van der Waals surface area contributed by atoms with Gasteiger partial charge in [-0.3, -0.25) is 5.32 Å². The van der Waals surface area contributed by atoms with Crippen LogP contribution in [0.1, 0.15) is 33.1 Å². The molecular formula is C15H20F2N2O. The molecule has 0 radical (unpaired) electrons. The molecule has 0 heterocycles. The summed E-state index contributed by atoms with van der Waals surface area (Å²) >= 11 is 0. The average molecular weight is 282 g/mol. The molecule has 1 unspecified atom stereocenters. The van der Waals surface area contributed by atoms with Crippen LogP contribution in [0.3, 0.4) is 0 Å². The van der Waals surface area contributed by atoms with Gasteiger partial charge in [0.2, 0.25) is 0 Å². The Balaban J connectivity index is 2.46. The van der Waals surface area contributed by atoms with E-state index in [1.54, 1.807) is 0 Å². The summed E-state index contributed by atoms with van der Waals surface area (Å²) in [6.07, 6.45) is 1.96. The Morgan fingerprint density at radius 2 is 1.90 bits per heavy atom. The Bertz CT molecular complexity index is 453. The van der Waals surface area contributed by atoms with E-state index in [1.807, 2.05) is 13.8 Å². The van der Waals surface area contributed by atoms with E-state index in [-0.39, 0.29) is 5.75 Å². The molecule has 0 aliphatic carbocycles. The lowest BCUT2D eigenvalue weighted by Crippen LogP contribution is -2.43. The van der Waals surface area contributed by atoms with Crippen LogP contribution in [0, 0.1) is 23.0 Å². The summed E-state index contributed by atoms with van der Waals surface area (Å²) in [6, 6.07) is 5.38. The Morgan fingerprint density at radius 1 is 1.25 bits per heavy atom. The third-order valence-electron chi connectivity index (χ3n) is 3.19. The zero-order valence-electron chi connectivity index (χ0n) is 11.9. The SMILES string of the molecule is CCNC(C#N)(CC)CCCOc1cc(F)cc(F)c1. The summed E-state index contributed by atoms with van der Waals surface area (Å²) < 4.78 is 31.2. The normalized spacial score (nSPS) is 13.6. The van der Waals surface area contributed by atoms with E-state index >= 15 is 0 Å². The minimum atomic E-state index is -0.660. The van der Waals surface area contributed by atoms with Crippen molar-refractivity contribution < 1.29 is 13.5 Å². The van der Waals surface area contributed by atoms with Crippen LogP contribution < -0.4 is 10.1 Å². The van der Waals surface area contributed by atoms with Crippen molar-refractivity contribution in [1.82, 2.24) is 5.32 Å². The van der Waals surface area contributed by atoms with Crippen molar-refractivity contribution in [3.8, 4) is 11.8 Å². The molecule has 0 bridgehead atoms. The van der Waals surface area contributed by atoms with Gasteiger partial charge < -0.3 is 4.74 Å². The fourth-order valence-corrected chi connectivity index (χ4v) is 2.08. The van der Waals surface area contributed by atoms with E-state index in [4.69, 9.17) is 4.74 Å². The van der Waals surface area contributed by atoms with Crippen LogP contribution in [0.5, 0.6) is 5.75 Å². The van der Waals surface area contributed by atoms with Gasteiger partial charge in [0.25, 0.3) is 0 Å². The number of halogens is 2. The maximum Gasteiger partial charge on any atom is 0.129 e.